The zero-order valence-electron chi connectivity index (χ0n) is 12.6. The van der Waals surface area contributed by atoms with Gasteiger partial charge >= 0.3 is 0 Å². The second kappa shape index (κ2) is 6.84. The maximum atomic E-state index is 7.62. The molecule has 1 aliphatic heterocycles. The summed E-state index contributed by atoms with van der Waals surface area (Å²) in [5, 5.41) is 7.62. The van der Waals surface area contributed by atoms with E-state index in [-0.39, 0.29) is 5.84 Å². The van der Waals surface area contributed by atoms with Crippen LogP contribution in [0.5, 0.6) is 0 Å². The lowest BCUT2D eigenvalue weighted by molar-refractivity contribution is 0.264. The summed E-state index contributed by atoms with van der Waals surface area (Å²) in [5.41, 5.74) is 7.32. The molecule has 4 nitrogen and oxygen atoms in total. The normalized spacial score (nSPS) is 20.9. The van der Waals surface area contributed by atoms with Crippen molar-refractivity contribution >= 4 is 5.84 Å². The Kier molecular flexibility index (Phi) is 5.12. The minimum absolute atomic E-state index is 0.0653. The van der Waals surface area contributed by atoms with E-state index in [0.717, 1.165) is 37.0 Å². The van der Waals surface area contributed by atoms with Gasteiger partial charge in [0.25, 0.3) is 0 Å². The molecule has 3 N–H and O–H groups in total. The van der Waals surface area contributed by atoms with Crippen molar-refractivity contribution in [3.8, 4) is 0 Å². The van der Waals surface area contributed by atoms with E-state index in [0.29, 0.717) is 5.69 Å². The minimum atomic E-state index is 0.0653. The van der Waals surface area contributed by atoms with Crippen LogP contribution >= 0.6 is 0 Å². The number of nitrogens with zero attached hydrogens (tertiary/aromatic N) is 2. The number of pyridine rings is 1. The number of hydrogen-bond donors (Lipinski definition) is 2. The molecule has 1 unspecified atom stereocenters. The summed E-state index contributed by atoms with van der Waals surface area (Å²) in [6.07, 6.45) is 5.57. The first-order chi connectivity index (χ1) is 9.58. The van der Waals surface area contributed by atoms with E-state index in [4.69, 9.17) is 11.1 Å². The summed E-state index contributed by atoms with van der Waals surface area (Å²) in [7, 11) is 0. The Hall–Kier alpha value is -1.42. The highest BCUT2D eigenvalue weighted by Crippen LogP contribution is 2.25. The first-order valence-corrected chi connectivity index (χ1v) is 7.58. The Balaban J connectivity index is 2.02. The summed E-state index contributed by atoms with van der Waals surface area (Å²) < 4.78 is 0. The van der Waals surface area contributed by atoms with Gasteiger partial charge in [0.05, 0.1) is 0 Å². The van der Waals surface area contributed by atoms with Crippen molar-refractivity contribution in [3.05, 3.63) is 29.6 Å². The number of likely N-dealkylation sites (tertiary alicyclic amines) is 1. The zero-order chi connectivity index (χ0) is 14.5. The predicted octanol–water partition coefficient (Wildman–Crippen LogP) is 2.62. The van der Waals surface area contributed by atoms with E-state index in [9.17, 15) is 0 Å². The third-order valence-electron chi connectivity index (χ3n) is 4.35. The molecule has 1 saturated heterocycles. The molecule has 4 heteroatoms. The Labute approximate surface area is 121 Å². The Morgan fingerprint density at radius 1 is 1.45 bits per heavy atom. The summed E-state index contributed by atoms with van der Waals surface area (Å²) in [4.78, 5) is 6.71. The van der Waals surface area contributed by atoms with Crippen LogP contribution < -0.4 is 5.73 Å². The molecule has 2 heterocycles. The van der Waals surface area contributed by atoms with Crippen molar-refractivity contribution in [1.29, 1.82) is 5.41 Å². The van der Waals surface area contributed by atoms with Crippen molar-refractivity contribution in [3.63, 3.8) is 0 Å². The average Bonchev–Trinajstić information content (AvgIpc) is 2.65. The van der Waals surface area contributed by atoms with E-state index < -0.39 is 0 Å². The lowest BCUT2D eigenvalue weighted by Crippen LogP contribution is -2.27. The van der Waals surface area contributed by atoms with Crippen LogP contribution in [0.2, 0.25) is 0 Å². The summed E-state index contributed by atoms with van der Waals surface area (Å²) in [5.74, 6) is 1.69. The van der Waals surface area contributed by atoms with Gasteiger partial charge < -0.3 is 5.73 Å². The maximum Gasteiger partial charge on any atom is 0.142 e. The number of nitrogen functional groups attached to an aromatic ring is 1. The molecule has 1 aliphatic rings. The molecular weight excluding hydrogens is 248 g/mol. The van der Waals surface area contributed by atoms with E-state index in [2.05, 4.69) is 23.7 Å². The van der Waals surface area contributed by atoms with Crippen LogP contribution in [-0.2, 0) is 6.54 Å². The highest BCUT2D eigenvalue weighted by atomic mass is 15.1. The van der Waals surface area contributed by atoms with E-state index >= 15 is 0 Å². The first kappa shape index (κ1) is 15.0. The monoisotopic (exact) mass is 274 g/mol. The molecule has 1 atom stereocenters. The number of amidine groups is 1. The quantitative estimate of drug-likeness (QED) is 0.655. The van der Waals surface area contributed by atoms with E-state index in [1.54, 1.807) is 6.20 Å². The van der Waals surface area contributed by atoms with Crippen molar-refractivity contribution in [1.82, 2.24) is 9.88 Å². The van der Waals surface area contributed by atoms with Crippen LogP contribution in [-0.4, -0.2) is 28.8 Å². The Morgan fingerprint density at radius 2 is 2.25 bits per heavy atom. The van der Waals surface area contributed by atoms with Crippen molar-refractivity contribution in [2.75, 3.05) is 13.1 Å². The molecule has 0 aromatic carbocycles. The van der Waals surface area contributed by atoms with Crippen LogP contribution in [0.15, 0.2) is 18.3 Å². The van der Waals surface area contributed by atoms with Crippen LogP contribution in [0.3, 0.4) is 0 Å². The van der Waals surface area contributed by atoms with Gasteiger partial charge in [-0.15, -0.1) is 0 Å². The van der Waals surface area contributed by atoms with Crippen LogP contribution in [0.4, 0.5) is 0 Å². The van der Waals surface area contributed by atoms with Crippen LogP contribution in [0.25, 0.3) is 0 Å². The van der Waals surface area contributed by atoms with Gasteiger partial charge in [-0.2, -0.15) is 0 Å². The Morgan fingerprint density at radius 3 is 2.95 bits per heavy atom. The van der Waals surface area contributed by atoms with Crippen molar-refractivity contribution in [2.24, 2.45) is 17.6 Å². The summed E-state index contributed by atoms with van der Waals surface area (Å²) in [6.45, 7) is 7.78. The number of nitrogens with two attached hydrogens (primary N) is 1. The molecule has 0 spiro atoms. The second-order valence-electron chi connectivity index (χ2n) is 6.14. The Bertz CT molecular complexity index is 456. The fraction of sp³-hybridized carbons (Fsp3) is 0.625. The van der Waals surface area contributed by atoms with Gasteiger partial charge in [0.15, 0.2) is 0 Å². The van der Waals surface area contributed by atoms with Crippen LogP contribution in [0.1, 0.15) is 44.4 Å². The maximum absolute atomic E-state index is 7.62. The third kappa shape index (κ3) is 3.79. The largest absolute Gasteiger partial charge is 0.382 e. The number of aromatic nitrogens is 1. The smallest absolute Gasteiger partial charge is 0.142 e. The van der Waals surface area contributed by atoms with Gasteiger partial charge in [0.1, 0.15) is 11.5 Å². The minimum Gasteiger partial charge on any atom is -0.382 e. The molecule has 1 fully saturated rings. The van der Waals surface area contributed by atoms with E-state index in [1.807, 2.05) is 12.1 Å². The fourth-order valence-corrected chi connectivity index (χ4v) is 3.06. The molecule has 0 amide bonds. The van der Waals surface area contributed by atoms with Gasteiger partial charge in [-0.1, -0.05) is 19.9 Å². The summed E-state index contributed by atoms with van der Waals surface area (Å²) >= 11 is 0. The van der Waals surface area contributed by atoms with Crippen molar-refractivity contribution in [2.45, 2.75) is 39.7 Å². The van der Waals surface area contributed by atoms with Gasteiger partial charge in [-0.25, -0.2) is 0 Å². The topological polar surface area (TPSA) is 66.0 Å². The van der Waals surface area contributed by atoms with Crippen molar-refractivity contribution < 1.29 is 0 Å². The summed E-state index contributed by atoms with van der Waals surface area (Å²) in [6, 6.07) is 3.96. The highest BCUT2D eigenvalue weighted by molar-refractivity contribution is 5.94. The van der Waals surface area contributed by atoms with Gasteiger partial charge in [0, 0.05) is 12.7 Å². The molecule has 0 bridgehead atoms. The molecule has 0 saturated carbocycles. The standard InChI is InChI=1S/C16H26N4/c1-12(2)13-6-4-9-20(10-7-13)11-14-5-3-8-19-15(14)16(17)18/h3,5,8,12-13H,4,6-7,9-11H2,1-2H3,(H3,17,18). The van der Waals surface area contributed by atoms with Gasteiger partial charge in [-0.05, 0) is 55.8 Å². The molecule has 20 heavy (non-hydrogen) atoms. The number of rotatable bonds is 4. The third-order valence-corrected chi connectivity index (χ3v) is 4.35. The predicted molar refractivity (Wildman–Crippen MR) is 82.7 cm³/mol. The molecule has 2 rings (SSSR count). The van der Waals surface area contributed by atoms with Gasteiger partial charge in [-0.3, -0.25) is 15.3 Å². The fourth-order valence-electron chi connectivity index (χ4n) is 3.06. The second-order valence-corrected chi connectivity index (χ2v) is 6.14. The van der Waals surface area contributed by atoms with E-state index in [1.165, 1.54) is 19.3 Å². The number of nitrogens with one attached hydrogen (secondary N) is 1. The van der Waals surface area contributed by atoms with Crippen LogP contribution in [0, 0.1) is 17.2 Å². The molecule has 0 aliphatic carbocycles. The lowest BCUT2D eigenvalue weighted by atomic mass is 9.89. The molecule has 0 radical (unpaired) electrons. The van der Waals surface area contributed by atoms with Gasteiger partial charge in [0.2, 0.25) is 0 Å². The molecule has 110 valence electrons. The lowest BCUT2D eigenvalue weighted by Gasteiger charge is -2.22. The molecular formula is C16H26N4. The molecule has 1 aromatic rings. The highest BCUT2D eigenvalue weighted by Gasteiger charge is 2.20. The molecule has 1 aromatic heterocycles. The average molecular weight is 274 g/mol. The SMILES string of the molecule is CC(C)C1CCCN(Cc2cccnc2C(=N)N)CC1. The zero-order valence-corrected chi connectivity index (χ0v) is 12.6. The number of hydrogen-bond acceptors (Lipinski definition) is 3. The first-order valence-electron chi connectivity index (χ1n) is 7.58.